The fraction of sp³-hybridized carbons (Fsp3) is 0.0435. The first kappa shape index (κ1) is 19.3. The molecule has 1 saturated heterocycles. The highest BCUT2D eigenvalue weighted by Gasteiger charge is 2.33. The Morgan fingerprint density at radius 3 is 2.14 bits per heavy atom. The molecule has 6 heteroatoms. The minimum absolute atomic E-state index is 0.250. The number of carbonyl (C=O) groups is 2. The molecule has 4 nitrogen and oxygen atoms in total. The van der Waals surface area contributed by atoms with E-state index >= 15 is 0 Å². The van der Waals surface area contributed by atoms with E-state index in [0.29, 0.717) is 5.02 Å². The second kappa shape index (κ2) is 8.55. The number of benzene rings is 3. The molecule has 1 N–H and O–H groups in total. The van der Waals surface area contributed by atoms with Crippen LogP contribution in [-0.4, -0.2) is 16.8 Å². The smallest absolute Gasteiger partial charge is 0.303 e. The van der Waals surface area contributed by atoms with E-state index in [0.717, 1.165) is 20.9 Å². The van der Waals surface area contributed by atoms with Crippen molar-refractivity contribution in [2.75, 3.05) is 0 Å². The van der Waals surface area contributed by atoms with Crippen molar-refractivity contribution in [1.82, 2.24) is 10.2 Å². The first-order valence-corrected chi connectivity index (χ1v) is 10.2. The number of amides is 3. The van der Waals surface area contributed by atoms with Gasteiger partial charge in [0.25, 0.3) is 5.91 Å². The molecule has 3 aromatic carbocycles. The average molecular weight is 421 g/mol. The fourth-order valence-electron chi connectivity index (χ4n) is 2.92. The van der Waals surface area contributed by atoms with Crippen molar-refractivity contribution in [3.63, 3.8) is 0 Å². The third kappa shape index (κ3) is 4.70. The van der Waals surface area contributed by atoms with E-state index in [1.54, 1.807) is 17.8 Å². The van der Waals surface area contributed by atoms with Crippen molar-refractivity contribution in [3.8, 4) is 0 Å². The standard InChI is InChI=1S/C23H17ClN2O2S/c24-18-8-12-20(13-9-18)29-19-10-6-16(7-11-19)14-21-22(27)26(23(28)25-21)15-17-4-2-1-3-5-17/h1-14H,15H2,(H,25,28)/b21-14-. The van der Waals surface area contributed by atoms with E-state index in [-0.39, 0.29) is 18.1 Å². The zero-order valence-electron chi connectivity index (χ0n) is 15.3. The van der Waals surface area contributed by atoms with Crippen molar-refractivity contribution in [3.05, 3.63) is 101 Å². The van der Waals surface area contributed by atoms with Crippen LogP contribution < -0.4 is 5.32 Å². The molecule has 0 spiro atoms. The van der Waals surface area contributed by atoms with Gasteiger partial charge in [0.1, 0.15) is 5.70 Å². The molecule has 1 aliphatic rings. The number of hydrogen-bond donors (Lipinski definition) is 1. The summed E-state index contributed by atoms with van der Waals surface area (Å²) < 4.78 is 0. The van der Waals surface area contributed by atoms with Gasteiger partial charge in [-0.15, -0.1) is 0 Å². The Kier molecular flexibility index (Phi) is 5.69. The number of urea groups is 1. The Bertz CT molecular complexity index is 1060. The quantitative estimate of drug-likeness (QED) is 0.432. The van der Waals surface area contributed by atoms with Gasteiger partial charge in [0.2, 0.25) is 0 Å². The molecule has 0 atom stereocenters. The Labute approximate surface area is 178 Å². The van der Waals surface area contributed by atoms with Crippen LogP contribution in [0.2, 0.25) is 5.02 Å². The monoisotopic (exact) mass is 420 g/mol. The molecule has 0 unspecified atom stereocenters. The van der Waals surface area contributed by atoms with Crippen molar-refractivity contribution >= 4 is 41.4 Å². The molecule has 1 fully saturated rings. The number of nitrogens with zero attached hydrogens (tertiary/aromatic N) is 1. The summed E-state index contributed by atoms with van der Waals surface area (Å²) in [6.45, 7) is 0.250. The molecule has 3 aromatic rings. The number of halogens is 1. The van der Waals surface area contributed by atoms with E-state index in [1.807, 2.05) is 78.9 Å². The highest BCUT2D eigenvalue weighted by atomic mass is 35.5. The molecule has 0 bridgehead atoms. The van der Waals surface area contributed by atoms with Gasteiger partial charge >= 0.3 is 6.03 Å². The molecule has 0 radical (unpaired) electrons. The second-order valence-electron chi connectivity index (χ2n) is 6.49. The maximum atomic E-state index is 12.6. The number of imide groups is 1. The number of nitrogens with one attached hydrogen (secondary N) is 1. The van der Waals surface area contributed by atoms with Gasteiger partial charge in [-0.1, -0.05) is 65.8 Å². The molecule has 29 heavy (non-hydrogen) atoms. The summed E-state index contributed by atoms with van der Waals surface area (Å²) >= 11 is 7.54. The summed E-state index contributed by atoms with van der Waals surface area (Å²) in [5.74, 6) is -0.321. The maximum Gasteiger partial charge on any atom is 0.329 e. The predicted molar refractivity (Wildman–Crippen MR) is 116 cm³/mol. The van der Waals surface area contributed by atoms with Crippen LogP contribution in [0.5, 0.6) is 0 Å². The number of rotatable bonds is 5. The number of hydrogen-bond acceptors (Lipinski definition) is 3. The first-order chi connectivity index (χ1) is 14.1. The van der Waals surface area contributed by atoms with E-state index in [4.69, 9.17) is 11.6 Å². The van der Waals surface area contributed by atoms with E-state index in [9.17, 15) is 9.59 Å². The van der Waals surface area contributed by atoms with Crippen molar-refractivity contribution in [1.29, 1.82) is 0 Å². The van der Waals surface area contributed by atoms with Gasteiger partial charge in [0.05, 0.1) is 6.54 Å². The predicted octanol–water partition coefficient (Wildman–Crippen LogP) is 5.58. The second-order valence-corrected chi connectivity index (χ2v) is 8.07. The van der Waals surface area contributed by atoms with Gasteiger partial charge in [-0.2, -0.15) is 0 Å². The Morgan fingerprint density at radius 2 is 1.48 bits per heavy atom. The summed E-state index contributed by atoms with van der Waals surface area (Å²) in [5.41, 5.74) is 2.03. The van der Waals surface area contributed by atoms with Gasteiger partial charge in [-0.25, -0.2) is 4.79 Å². The van der Waals surface area contributed by atoms with E-state index < -0.39 is 6.03 Å². The van der Waals surface area contributed by atoms with Gasteiger partial charge in [0.15, 0.2) is 0 Å². The van der Waals surface area contributed by atoms with Gasteiger partial charge in [0, 0.05) is 14.8 Å². The van der Waals surface area contributed by atoms with Crippen LogP contribution >= 0.6 is 23.4 Å². The van der Waals surface area contributed by atoms with E-state index in [2.05, 4.69) is 5.32 Å². The summed E-state index contributed by atoms with van der Waals surface area (Å²) in [4.78, 5) is 28.2. The molecule has 0 aliphatic carbocycles. The minimum atomic E-state index is -0.403. The summed E-state index contributed by atoms with van der Waals surface area (Å²) in [7, 11) is 0. The third-order valence-electron chi connectivity index (χ3n) is 4.39. The van der Waals surface area contributed by atoms with Crippen LogP contribution in [0.3, 0.4) is 0 Å². The average Bonchev–Trinajstić information content (AvgIpc) is 2.99. The molecule has 1 heterocycles. The van der Waals surface area contributed by atoms with Crippen LogP contribution in [0.1, 0.15) is 11.1 Å². The van der Waals surface area contributed by atoms with Gasteiger partial charge in [-0.3, -0.25) is 9.69 Å². The van der Waals surface area contributed by atoms with Crippen LogP contribution in [0.25, 0.3) is 6.08 Å². The number of carbonyl (C=O) groups excluding carboxylic acids is 2. The van der Waals surface area contributed by atoms with E-state index in [1.165, 1.54) is 4.90 Å². The lowest BCUT2D eigenvalue weighted by Gasteiger charge is -2.11. The largest absolute Gasteiger partial charge is 0.329 e. The lowest BCUT2D eigenvalue weighted by molar-refractivity contribution is -0.123. The molecule has 0 aromatic heterocycles. The van der Waals surface area contributed by atoms with Gasteiger partial charge < -0.3 is 5.32 Å². The molecule has 4 rings (SSSR count). The third-order valence-corrected chi connectivity index (χ3v) is 5.65. The maximum absolute atomic E-state index is 12.6. The van der Waals surface area contributed by atoms with Crippen LogP contribution in [0.15, 0.2) is 94.4 Å². The molecule has 0 saturated carbocycles. The van der Waals surface area contributed by atoms with Crippen LogP contribution in [-0.2, 0) is 11.3 Å². The van der Waals surface area contributed by atoms with Crippen molar-refractivity contribution < 1.29 is 9.59 Å². The molecule has 3 amide bonds. The normalized spacial score (nSPS) is 15.1. The lowest BCUT2D eigenvalue weighted by atomic mass is 10.2. The SMILES string of the molecule is O=C1N/C(=C\c2ccc(Sc3ccc(Cl)cc3)cc2)C(=O)N1Cc1ccccc1. The lowest BCUT2D eigenvalue weighted by Crippen LogP contribution is -2.30. The highest BCUT2D eigenvalue weighted by Crippen LogP contribution is 2.29. The molecular formula is C23H17ClN2O2S. The topological polar surface area (TPSA) is 49.4 Å². The van der Waals surface area contributed by atoms with Crippen molar-refractivity contribution in [2.24, 2.45) is 0 Å². The summed E-state index contributed by atoms with van der Waals surface area (Å²) in [6.07, 6.45) is 1.70. The molecule has 144 valence electrons. The zero-order chi connectivity index (χ0) is 20.2. The van der Waals surface area contributed by atoms with Crippen molar-refractivity contribution in [2.45, 2.75) is 16.3 Å². The zero-order valence-corrected chi connectivity index (χ0v) is 16.9. The Hall–Kier alpha value is -3.02. The summed E-state index contributed by atoms with van der Waals surface area (Å²) in [5, 5.41) is 3.37. The fourth-order valence-corrected chi connectivity index (χ4v) is 3.86. The highest BCUT2D eigenvalue weighted by molar-refractivity contribution is 7.99. The molecular weight excluding hydrogens is 404 g/mol. The summed E-state index contributed by atoms with van der Waals surface area (Å²) in [6, 6.07) is 24.5. The first-order valence-electron chi connectivity index (χ1n) is 9.00. The Morgan fingerprint density at radius 1 is 0.862 bits per heavy atom. The van der Waals surface area contributed by atoms with Crippen LogP contribution in [0, 0.1) is 0 Å². The molecule has 1 aliphatic heterocycles. The Balaban J connectivity index is 1.45. The van der Waals surface area contributed by atoms with Crippen LogP contribution in [0.4, 0.5) is 4.79 Å². The minimum Gasteiger partial charge on any atom is -0.303 e. The van der Waals surface area contributed by atoms with Gasteiger partial charge in [-0.05, 0) is 53.6 Å².